The molecule has 3 unspecified atom stereocenters. The Labute approximate surface area is 280 Å². The summed E-state index contributed by atoms with van der Waals surface area (Å²) in [4.78, 5) is 28.9. The lowest BCUT2D eigenvalue weighted by Gasteiger charge is -2.52. The zero-order valence-electron chi connectivity index (χ0n) is 28.3. The summed E-state index contributed by atoms with van der Waals surface area (Å²) in [5.41, 5.74) is 10.3. The van der Waals surface area contributed by atoms with E-state index in [9.17, 15) is 9.18 Å². The number of nitrogen functional groups attached to an aromatic ring is 1. The zero-order valence-corrected chi connectivity index (χ0v) is 28.3. The molecule has 2 fully saturated rings. The smallest absolute Gasteiger partial charge is 0.318 e. The number of nitrogens with zero attached hydrogens (tertiary/aromatic N) is 7. The Morgan fingerprint density at radius 2 is 1.98 bits per heavy atom. The SMILES string of the molecule is CN(C)C(=O)c1cc2n(n1)CCCN(c1nc(OCC34CCCN3CC(F)C4)nc3c1COC1(C3)c3cc(N)ccc3COC1(C)C)C2. The molecule has 2 aromatic heterocycles. The fourth-order valence-corrected chi connectivity index (χ4v) is 8.58. The van der Waals surface area contributed by atoms with E-state index in [1.54, 1.807) is 19.0 Å². The van der Waals surface area contributed by atoms with E-state index in [4.69, 9.17) is 29.9 Å². The van der Waals surface area contributed by atoms with Gasteiger partial charge in [-0.3, -0.25) is 14.4 Å². The van der Waals surface area contributed by atoms with Gasteiger partial charge >= 0.3 is 6.01 Å². The van der Waals surface area contributed by atoms with Crippen molar-refractivity contribution in [3.05, 3.63) is 58.0 Å². The normalized spacial score (nSPS) is 27.6. The van der Waals surface area contributed by atoms with Gasteiger partial charge in [-0.05, 0) is 69.0 Å². The number of rotatable bonds is 5. The molecule has 7 heterocycles. The lowest BCUT2D eigenvalue weighted by Crippen LogP contribution is -2.57. The fourth-order valence-electron chi connectivity index (χ4n) is 8.58. The molecule has 256 valence electrons. The molecule has 1 amide bonds. The number of alkyl halides is 1. The predicted octanol–water partition coefficient (Wildman–Crippen LogP) is 3.60. The minimum atomic E-state index is -0.849. The van der Waals surface area contributed by atoms with E-state index in [2.05, 4.69) is 28.7 Å². The summed E-state index contributed by atoms with van der Waals surface area (Å²) in [6.45, 7) is 8.47. The van der Waals surface area contributed by atoms with Crippen LogP contribution in [0.5, 0.6) is 6.01 Å². The van der Waals surface area contributed by atoms with Gasteiger partial charge in [0.15, 0.2) is 5.69 Å². The molecule has 0 bridgehead atoms. The molecule has 3 atom stereocenters. The van der Waals surface area contributed by atoms with Crippen LogP contribution in [0, 0.1) is 0 Å². The first-order chi connectivity index (χ1) is 23.0. The van der Waals surface area contributed by atoms with Crippen molar-refractivity contribution in [2.24, 2.45) is 0 Å². The second-order valence-electron chi connectivity index (χ2n) is 14.8. The molecule has 5 aliphatic heterocycles. The molecule has 8 rings (SSSR count). The lowest BCUT2D eigenvalue weighted by atomic mass is 9.71. The number of aromatic nitrogens is 4. The molecule has 3 aromatic rings. The van der Waals surface area contributed by atoms with E-state index in [0.717, 1.165) is 66.2 Å². The zero-order chi connectivity index (χ0) is 33.4. The third-order valence-corrected chi connectivity index (χ3v) is 11.2. The van der Waals surface area contributed by atoms with E-state index in [0.29, 0.717) is 57.1 Å². The van der Waals surface area contributed by atoms with Crippen molar-refractivity contribution in [1.82, 2.24) is 29.5 Å². The summed E-state index contributed by atoms with van der Waals surface area (Å²) in [5, 5.41) is 4.63. The van der Waals surface area contributed by atoms with E-state index < -0.39 is 17.4 Å². The highest BCUT2D eigenvalue weighted by Crippen LogP contribution is 2.51. The Kier molecular flexibility index (Phi) is 7.46. The van der Waals surface area contributed by atoms with Crippen molar-refractivity contribution >= 4 is 17.4 Å². The number of fused-ring (bicyclic) bond motifs is 5. The highest BCUT2D eigenvalue weighted by molar-refractivity contribution is 5.92. The summed E-state index contributed by atoms with van der Waals surface area (Å²) >= 11 is 0. The molecule has 12 nitrogen and oxygen atoms in total. The van der Waals surface area contributed by atoms with Crippen molar-refractivity contribution in [3.63, 3.8) is 0 Å². The van der Waals surface area contributed by atoms with Crippen molar-refractivity contribution in [3.8, 4) is 6.01 Å². The van der Waals surface area contributed by atoms with Crippen LogP contribution in [0.3, 0.4) is 0 Å². The van der Waals surface area contributed by atoms with Gasteiger partial charge in [0, 0.05) is 57.8 Å². The number of carbonyl (C=O) groups excluding carboxylic acids is 1. The Balaban J connectivity index is 1.19. The van der Waals surface area contributed by atoms with Crippen LogP contribution < -0.4 is 15.4 Å². The van der Waals surface area contributed by atoms with E-state index in [1.165, 1.54) is 0 Å². The van der Waals surface area contributed by atoms with Gasteiger partial charge in [0.1, 0.15) is 24.2 Å². The molecule has 13 heteroatoms. The Bertz CT molecular complexity index is 1760. The summed E-state index contributed by atoms with van der Waals surface area (Å²) in [6, 6.07) is 8.08. The number of nitrogens with two attached hydrogens (primary N) is 1. The maximum Gasteiger partial charge on any atom is 0.318 e. The van der Waals surface area contributed by atoms with Crippen molar-refractivity contribution in [1.29, 1.82) is 0 Å². The second-order valence-corrected chi connectivity index (χ2v) is 14.8. The van der Waals surface area contributed by atoms with Gasteiger partial charge < -0.3 is 29.7 Å². The quantitative estimate of drug-likeness (QED) is 0.406. The first-order valence-electron chi connectivity index (χ1n) is 17.1. The molecule has 5 aliphatic rings. The van der Waals surface area contributed by atoms with Gasteiger partial charge in [0.25, 0.3) is 5.91 Å². The molecule has 48 heavy (non-hydrogen) atoms. The standard InChI is InChI=1S/C35H45FN8O4/c1-33(2)35(27-13-24(37)8-7-22(27)19-47-33)16-29-26(20-48-35)30(39-32(38-29)46-21-34-9-5-11-43(34)17-23(36)15-34)42-10-6-12-44-25(18-42)14-28(40-44)31(45)41(3)4/h7-8,13-14,23H,5-6,9-12,15-21,37H2,1-4H3. The minimum Gasteiger partial charge on any atom is -0.461 e. The van der Waals surface area contributed by atoms with E-state index in [-0.39, 0.29) is 24.1 Å². The lowest BCUT2D eigenvalue weighted by molar-refractivity contribution is -0.228. The summed E-state index contributed by atoms with van der Waals surface area (Å²) < 4.78 is 36.4. The highest BCUT2D eigenvalue weighted by Gasteiger charge is 2.55. The number of ether oxygens (including phenoxy) is 3. The van der Waals surface area contributed by atoms with Crippen molar-refractivity contribution in [2.75, 3.05) is 51.0 Å². The van der Waals surface area contributed by atoms with Gasteiger partial charge in [-0.25, -0.2) is 4.39 Å². The molecule has 2 saturated heterocycles. The van der Waals surface area contributed by atoms with Gasteiger partial charge in [-0.2, -0.15) is 15.1 Å². The number of anilines is 2. The van der Waals surface area contributed by atoms with Crippen LogP contribution in [0.25, 0.3) is 0 Å². The van der Waals surface area contributed by atoms with E-state index in [1.807, 2.05) is 28.9 Å². The molecular formula is C35H45FN8O4. The second kappa shape index (κ2) is 11.4. The number of hydrogen-bond donors (Lipinski definition) is 1. The Hall–Kier alpha value is -3.81. The average molecular weight is 661 g/mol. The predicted molar refractivity (Wildman–Crippen MR) is 176 cm³/mol. The maximum atomic E-state index is 14.6. The van der Waals surface area contributed by atoms with Crippen LogP contribution in [-0.2, 0) is 47.8 Å². The van der Waals surface area contributed by atoms with Gasteiger partial charge in [-0.1, -0.05) is 6.07 Å². The molecule has 0 aliphatic carbocycles. The monoisotopic (exact) mass is 660 g/mol. The third kappa shape index (κ3) is 5.04. The van der Waals surface area contributed by atoms with Gasteiger partial charge in [0.05, 0.1) is 42.3 Å². The number of carbonyl (C=O) groups is 1. The molecular weight excluding hydrogens is 615 g/mol. The van der Waals surface area contributed by atoms with Gasteiger partial charge in [0.2, 0.25) is 0 Å². The first-order valence-corrected chi connectivity index (χ1v) is 17.1. The van der Waals surface area contributed by atoms with Crippen molar-refractivity contribution in [2.45, 2.75) is 95.2 Å². The third-order valence-electron chi connectivity index (χ3n) is 11.2. The van der Waals surface area contributed by atoms with Crippen molar-refractivity contribution < 1.29 is 23.4 Å². The summed E-state index contributed by atoms with van der Waals surface area (Å²) in [6.07, 6.45) is 2.80. The van der Waals surface area contributed by atoms with Crippen LogP contribution in [-0.4, -0.2) is 93.1 Å². The van der Waals surface area contributed by atoms with Crippen LogP contribution in [0.4, 0.5) is 15.9 Å². The van der Waals surface area contributed by atoms with Gasteiger partial charge in [-0.15, -0.1) is 0 Å². The summed E-state index contributed by atoms with van der Waals surface area (Å²) in [7, 11) is 3.46. The van der Waals surface area contributed by atoms with Crippen LogP contribution in [0.2, 0.25) is 0 Å². The number of benzene rings is 1. The molecule has 0 saturated carbocycles. The molecule has 1 aromatic carbocycles. The maximum absolute atomic E-state index is 14.6. The number of amides is 1. The summed E-state index contributed by atoms with van der Waals surface area (Å²) in [5.74, 6) is 0.620. The largest absolute Gasteiger partial charge is 0.461 e. The number of halogens is 1. The first kappa shape index (κ1) is 31.5. The Morgan fingerprint density at radius 1 is 1.12 bits per heavy atom. The Morgan fingerprint density at radius 3 is 2.81 bits per heavy atom. The number of hydrogen-bond acceptors (Lipinski definition) is 10. The van der Waals surface area contributed by atoms with Crippen LogP contribution in [0.1, 0.15) is 78.1 Å². The highest BCUT2D eigenvalue weighted by atomic mass is 19.1. The molecule has 0 radical (unpaired) electrons. The molecule has 1 spiro atoms. The topological polar surface area (TPSA) is 124 Å². The molecule has 2 N–H and O–H groups in total. The fraction of sp³-hybridized carbons (Fsp3) is 0.600. The number of aryl methyl sites for hydroxylation is 1. The van der Waals surface area contributed by atoms with Crippen LogP contribution in [0.15, 0.2) is 24.3 Å². The van der Waals surface area contributed by atoms with E-state index >= 15 is 0 Å². The minimum absolute atomic E-state index is 0.128. The van der Waals surface area contributed by atoms with Crippen LogP contribution >= 0.6 is 0 Å². The average Bonchev–Trinajstić information content (AvgIpc) is 3.68.